The molecule has 28 heteroatoms. The quantitative estimate of drug-likeness (QED) is 0.0161. The molecule has 0 bridgehead atoms. The first-order valence-electron chi connectivity index (χ1n) is 28.0. The van der Waals surface area contributed by atoms with Crippen LogP contribution in [0.15, 0.2) is 76.3 Å². The SMILES string of the molecule is CC(=O)C[C@H](CSC1CC(=O)N(CCNC(=O)c2ccc(OC=O)c(-c3c4ccc(=O)cc-4oc4cc(O)ccc34)c2)C1=O)C(=O)N[C@H](C)C(=O)C[C@H](C)C(=O)N[C@H](C)C(=O)C[C@@H](C(=O)N[C@H](Cc1cnc[nH]1)C(=O)C[C@H](CCC(=O)O)C(N)=O)[C@H](C)O. The van der Waals surface area contributed by atoms with Crippen LogP contribution in [-0.2, 0) is 64.0 Å². The van der Waals surface area contributed by atoms with Crippen molar-refractivity contribution in [2.75, 3.05) is 18.8 Å². The third kappa shape index (κ3) is 18.1. The van der Waals surface area contributed by atoms with Gasteiger partial charge in [0.2, 0.25) is 35.4 Å². The smallest absolute Gasteiger partial charge is 0.303 e. The van der Waals surface area contributed by atoms with Crippen LogP contribution in [0.25, 0.3) is 33.4 Å². The van der Waals surface area contributed by atoms with E-state index in [9.17, 15) is 77.3 Å². The molecular weight excluding hydrogens is 1170 g/mol. The number of carbonyl (C=O) groups excluding carboxylic acids is 12. The summed E-state index contributed by atoms with van der Waals surface area (Å²) in [5.74, 6) is -13.5. The summed E-state index contributed by atoms with van der Waals surface area (Å²) in [6, 6.07) is 8.83. The summed E-state index contributed by atoms with van der Waals surface area (Å²) in [7, 11) is 0. The summed E-state index contributed by atoms with van der Waals surface area (Å²) >= 11 is 0.961. The van der Waals surface area contributed by atoms with Crippen molar-refractivity contribution in [3.63, 3.8) is 0 Å². The molecule has 0 radical (unpaired) electrons. The van der Waals surface area contributed by atoms with Gasteiger partial charge in [-0.3, -0.25) is 67.2 Å². The number of aliphatic hydroxyl groups is 1. The maximum Gasteiger partial charge on any atom is 0.303 e. The topological polar surface area (TPSA) is 428 Å². The number of hydrogen-bond donors (Lipinski definition) is 9. The largest absolute Gasteiger partial charge is 0.508 e. The van der Waals surface area contributed by atoms with Crippen molar-refractivity contribution in [1.82, 2.24) is 36.1 Å². The maximum atomic E-state index is 13.6. The van der Waals surface area contributed by atoms with Crippen LogP contribution in [0.4, 0.5) is 0 Å². The Morgan fingerprint density at radius 3 is 2.19 bits per heavy atom. The van der Waals surface area contributed by atoms with Gasteiger partial charge >= 0.3 is 5.97 Å². The number of primary amides is 1. The molecule has 3 aromatic rings. The molecule has 2 aromatic carbocycles. The number of H-pyrrole nitrogens is 1. The normalized spacial score (nSPS) is 15.8. The number of fused-ring (bicyclic) bond motifs is 2. The zero-order valence-electron chi connectivity index (χ0n) is 48.7. The Balaban J connectivity index is 0.991. The van der Waals surface area contributed by atoms with Crippen LogP contribution < -0.4 is 37.2 Å². The van der Waals surface area contributed by atoms with Gasteiger partial charge in [0.1, 0.15) is 28.6 Å². The number of carbonyl (C=O) groups is 13. The lowest BCUT2D eigenvalue weighted by Crippen LogP contribution is -2.49. The number of imide groups is 1. The third-order valence-electron chi connectivity index (χ3n) is 14.8. The fraction of sp³-hybridized carbons (Fsp3) is 0.417. The van der Waals surface area contributed by atoms with Crippen LogP contribution in [0.1, 0.15) is 95.6 Å². The third-order valence-corrected chi connectivity index (χ3v) is 16.2. The average Bonchev–Trinajstić information content (AvgIpc) is 1.22. The first-order valence-corrected chi connectivity index (χ1v) is 29.0. The number of aliphatic carboxylic acids is 1. The minimum Gasteiger partial charge on any atom is -0.508 e. The molecular formula is C60H68N8O19S. The van der Waals surface area contributed by atoms with Crippen LogP contribution >= 0.6 is 11.8 Å². The van der Waals surface area contributed by atoms with E-state index < -0.39 is 144 Å². The number of imidazole rings is 1. The molecule has 3 heterocycles. The molecule has 1 saturated heterocycles. The van der Waals surface area contributed by atoms with E-state index in [1.54, 1.807) is 6.07 Å². The summed E-state index contributed by atoms with van der Waals surface area (Å²) in [5.41, 5.74) is 6.84. The Bertz CT molecular complexity index is 3530. The first-order chi connectivity index (χ1) is 41.6. The number of carboxylic acids is 1. The Labute approximate surface area is 507 Å². The second kappa shape index (κ2) is 30.8. The standard InChI is InChI=1S/C60H68N8O19S/c1-29(56(81)65-32(4)46(75)23-42(33(5)71)59(84)67-44(20-37-25-62-27-64-37)47(76)19-34(55(61)80)7-13-53(78)79)16-45(74)31(3)66-58(83)36(17-30(2)70)26-88-51-24-52(77)68(60(51)85)15-14-63-57(82)35-6-12-48(86-28-69)43(18-35)54-40-10-8-38(72)21-49(40)87-50-22-39(73)9-11-41(50)54/h6,8-12,18,21-22,25,27-29,31-34,36,42,44,51,71-72H,7,13-17,19-20,23-24,26H2,1-5H3,(H2,61,80)(H,62,64)(H,63,82)(H,65,81)(H,66,83)(H,67,84)(H,78,79)/t29-,31+,32+,33-,34-,36+,42+,44+,51?/m0/s1. The van der Waals surface area contributed by atoms with Crippen molar-refractivity contribution in [2.24, 2.45) is 29.4 Å². The van der Waals surface area contributed by atoms with Gasteiger partial charge in [-0.05, 0) is 76.6 Å². The number of hydrogen-bond acceptors (Lipinski definition) is 20. The number of nitrogens with zero attached hydrogens (tertiary/aromatic N) is 2. The van der Waals surface area contributed by atoms with Crippen molar-refractivity contribution in [2.45, 2.75) is 115 Å². The van der Waals surface area contributed by atoms with Crippen LogP contribution in [-0.4, -0.2) is 155 Å². The fourth-order valence-corrected chi connectivity index (χ4v) is 11.1. The van der Waals surface area contributed by atoms with Crippen LogP contribution in [0.3, 0.4) is 0 Å². The molecule has 88 heavy (non-hydrogen) atoms. The first kappa shape index (κ1) is 67.7. The van der Waals surface area contributed by atoms with E-state index in [2.05, 4.69) is 31.2 Å². The predicted octanol–water partition coefficient (Wildman–Crippen LogP) is 1.93. The molecule has 7 amide bonds. The van der Waals surface area contributed by atoms with Crippen LogP contribution in [0.2, 0.25) is 0 Å². The summed E-state index contributed by atoms with van der Waals surface area (Å²) in [5, 5.41) is 39.7. The Morgan fingerprint density at radius 1 is 0.841 bits per heavy atom. The number of aliphatic hydroxyl groups excluding tert-OH is 1. The number of aromatic amines is 1. The van der Waals surface area contributed by atoms with E-state index in [0.29, 0.717) is 22.2 Å². The second-order valence-corrected chi connectivity index (χ2v) is 22.8. The summed E-state index contributed by atoms with van der Waals surface area (Å²) in [6.45, 7) is 6.36. The van der Waals surface area contributed by atoms with Gasteiger partial charge in [0.25, 0.3) is 12.4 Å². The lowest BCUT2D eigenvalue weighted by atomic mass is 9.90. The number of rotatable bonds is 34. The number of nitrogens with one attached hydrogen (secondary N) is 5. The van der Waals surface area contributed by atoms with Gasteiger partial charge in [-0.15, -0.1) is 11.8 Å². The number of amides is 7. The number of phenolic OH excluding ortho intramolecular Hbond substituents is 1. The zero-order chi connectivity index (χ0) is 64.7. The van der Waals surface area contributed by atoms with Crippen molar-refractivity contribution in [1.29, 1.82) is 0 Å². The van der Waals surface area contributed by atoms with Gasteiger partial charge in [-0.25, -0.2) is 4.98 Å². The number of nitrogens with two attached hydrogens (primary N) is 1. The molecule has 27 nitrogen and oxygen atoms in total. The van der Waals surface area contributed by atoms with E-state index >= 15 is 0 Å². The van der Waals surface area contributed by atoms with Gasteiger partial charge in [0, 0.05) is 127 Å². The van der Waals surface area contributed by atoms with Crippen LogP contribution in [0.5, 0.6) is 11.5 Å². The Morgan fingerprint density at radius 2 is 1.55 bits per heavy atom. The number of ether oxygens (including phenoxy) is 1. The lowest BCUT2D eigenvalue weighted by molar-refractivity contribution is -0.139. The molecule has 3 aliphatic rings. The number of phenols is 1. The minimum atomic E-state index is -1.45. The summed E-state index contributed by atoms with van der Waals surface area (Å²) < 4.78 is 11.2. The number of benzene rings is 3. The number of aromatic hydroxyl groups is 1. The van der Waals surface area contributed by atoms with Gasteiger partial charge in [0.15, 0.2) is 22.8 Å². The number of thioether (sulfide) groups is 1. The van der Waals surface area contributed by atoms with Gasteiger partial charge in [0.05, 0.1) is 47.6 Å². The predicted molar refractivity (Wildman–Crippen MR) is 314 cm³/mol. The van der Waals surface area contributed by atoms with E-state index in [0.717, 1.165) is 16.7 Å². The lowest BCUT2D eigenvalue weighted by Gasteiger charge is -2.25. The van der Waals surface area contributed by atoms with Gasteiger partial charge in [-0.1, -0.05) is 6.92 Å². The van der Waals surface area contributed by atoms with Crippen molar-refractivity contribution in [3.8, 4) is 33.9 Å². The molecule has 0 spiro atoms. The molecule has 2 aliphatic heterocycles. The molecule has 1 aromatic heterocycles. The summed E-state index contributed by atoms with van der Waals surface area (Å²) in [6.07, 6.45) is -1.69. The highest BCUT2D eigenvalue weighted by Crippen LogP contribution is 2.44. The van der Waals surface area contributed by atoms with Crippen molar-refractivity contribution in [3.05, 3.63) is 88.6 Å². The number of carboxylic acid groups (broad SMARTS) is 1. The molecule has 10 N–H and O–H groups in total. The number of Topliss-reactive ketones (excluding diaryl/α,β-unsaturated/α-hetero) is 4. The maximum absolute atomic E-state index is 13.6. The highest BCUT2D eigenvalue weighted by atomic mass is 32.2. The molecule has 468 valence electrons. The minimum absolute atomic E-state index is 0.0512. The Hall–Kier alpha value is -9.44. The van der Waals surface area contributed by atoms with Crippen molar-refractivity contribution < 1.29 is 86.8 Å². The van der Waals surface area contributed by atoms with E-state index in [1.807, 2.05) is 0 Å². The monoisotopic (exact) mass is 1240 g/mol. The Kier molecular flexibility index (Phi) is 23.7. The molecule has 0 saturated carbocycles. The number of ketones is 4. The molecule has 1 unspecified atom stereocenters. The number of aromatic nitrogens is 2. The molecule has 9 atom stereocenters. The average molecular weight is 1240 g/mol. The van der Waals surface area contributed by atoms with Crippen molar-refractivity contribution >= 4 is 99.7 Å². The van der Waals surface area contributed by atoms with E-state index in [-0.39, 0.29) is 96.2 Å². The highest BCUT2D eigenvalue weighted by molar-refractivity contribution is 8.00. The number of likely N-dealkylation sites (tertiary alicyclic amines) is 1. The molecule has 1 aliphatic carbocycles. The van der Waals surface area contributed by atoms with Crippen LogP contribution in [0, 0.1) is 23.7 Å². The second-order valence-electron chi connectivity index (χ2n) is 21.6. The molecule has 6 rings (SSSR count). The van der Waals surface area contributed by atoms with E-state index in [4.69, 9.17) is 20.0 Å². The highest BCUT2D eigenvalue weighted by Gasteiger charge is 2.40. The van der Waals surface area contributed by atoms with Gasteiger partial charge in [-0.2, -0.15) is 0 Å². The molecule has 1 fully saturated rings. The van der Waals surface area contributed by atoms with Gasteiger partial charge < -0.3 is 61.3 Å². The summed E-state index contributed by atoms with van der Waals surface area (Å²) in [4.78, 5) is 188. The van der Waals surface area contributed by atoms with E-state index in [1.165, 1.54) is 95.7 Å². The fourth-order valence-electron chi connectivity index (χ4n) is 9.84. The zero-order valence-corrected chi connectivity index (χ0v) is 49.5.